The first-order valence-electron chi connectivity index (χ1n) is 8.18. The Kier molecular flexibility index (Phi) is 4.38. The van der Waals surface area contributed by atoms with Gasteiger partial charge in [-0.15, -0.1) is 11.3 Å². The molecule has 1 atom stereocenters. The normalized spacial score (nSPS) is 19.5. The molecule has 124 valence electrons. The van der Waals surface area contributed by atoms with Crippen molar-refractivity contribution in [2.24, 2.45) is 0 Å². The molecular formula is C17H24N4OS. The van der Waals surface area contributed by atoms with Crippen LogP contribution in [0.2, 0.25) is 0 Å². The second kappa shape index (κ2) is 6.17. The van der Waals surface area contributed by atoms with Crippen molar-refractivity contribution >= 4 is 27.5 Å². The fourth-order valence-electron chi connectivity index (χ4n) is 3.33. The zero-order valence-electron chi connectivity index (χ0n) is 14.5. The summed E-state index contributed by atoms with van der Waals surface area (Å²) in [5, 5.41) is 1.05. The van der Waals surface area contributed by atoms with Gasteiger partial charge in [-0.1, -0.05) is 6.92 Å². The van der Waals surface area contributed by atoms with E-state index in [1.807, 2.05) is 18.7 Å². The molecule has 0 aliphatic carbocycles. The van der Waals surface area contributed by atoms with Gasteiger partial charge in [-0.05, 0) is 33.4 Å². The van der Waals surface area contributed by atoms with Gasteiger partial charge in [0, 0.05) is 43.2 Å². The Bertz CT molecular complexity index is 755. The fourth-order valence-corrected chi connectivity index (χ4v) is 4.54. The van der Waals surface area contributed by atoms with E-state index in [0.29, 0.717) is 0 Å². The summed E-state index contributed by atoms with van der Waals surface area (Å²) in [6, 6.07) is 0.240. The molecule has 6 heteroatoms. The highest BCUT2D eigenvalue weighted by Crippen LogP contribution is 2.32. The van der Waals surface area contributed by atoms with Crippen LogP contribution in [0.4, 0.5) is 0 Å². The van der Waals surface area contributed by atoms with Gasteiger partial charge in [-0.2, -0.15) is 0 Å². The zero-order chi connectivity index (χ0) is 16.7. The number of thiophene rings is 1. The molecule has 3 rings (SSSR count). The van der Waals surface area contributed by atoms with Crippen LogP contribution in [-0.4, -0.2) is 58.4 Å². The first-order chi connectivity index (χ1) is 10.9. The van der Waals surface area contributed by atoms with Crippen LogP contribution in [0.5, 0.6) is 0 Å². The van der Waals surface area contributed by atoms with Crippen LogP contribution in [0.25, 0.3) is 10.2 Å². The van der Waals surface area contributed by atoms with Crippen molar-refractivity contribution in [3.05, 3.63) is 22.0 Å². The van der Waals surface area contributed by atoms with E-state index in [0.717, 1.165) is 58.2 Å². The van der Waals surface area contributed by atoms with Gasteiger partial charge < -0.3 is 9.80 Å². The third-order valence-corrected chi connectivity index (χ3v) is 5.79. The van der Waals surface area contributed by atoms with Gasteiger partial charge in [-0.25, -0.2) is 9.97 Å². The second-order valence-electron chi connectivity index (χ2n) is 6.42. The fraction of sp³-hybridized carbons (Fsp3) is 0.588. The minimum absolute atomic E-state index is 0.142. The molecule has 0 radical (unpaired) electrons. The smallest absolute Gasteiger partial charge is 0.264 e. The largest absolute Gasteiger partial charge is 0.333 e. The van der Waals surface area contributed by atoms with Crippen LogP contribution in [-0.2, 0) is 6.42 Å². The molecule has 23 heavy (non-hydrogen) atoms. The number of carbonyl (C=O) groups is 1. The number of amides is 1. The number of likely N-dealkylation sites (N-methyl/N-ethyl adjacent to an activating group) is 1. The van der Waals surface area contributed by atoms with Gasteiger partial charge in [0.2, 0.25) is 0 Å². The summed E-state index contributed by atoms with van der Waals surface area (Å²) in [6.45, 7) is 10.8. The summed E-state index contributed by atoms with van der Waals surface area (Å²) in [5.41, 5.74) is 2.01. The van der Waals surface area contributed by atoms with Crippen molar-refractivity contribution in [3.8, 4) is 0 Å². The monoisotopic (exact) mass is 332 g/mol. The van der Waals surface area contributed by atoms with Gasteiger partial charge >= 0.3 is 0 Å². The van der Waals surface area contributed by atoms with Gasteiger partial charge in [0.15, 0.2) is 0 Å². The second-order valence-corrected chi connectivity index (χ2v) is 7.42. The molecule has 0 saturated carbocycles. The lowest BCUT2D eigenvalue weighted by atomic mass is 10.1. The van der Waals surface area contributed by atoms with Crippen LogP contribution in [0.15, 0.2) is 0 Å². The Morgan fingerprint density at radius 3 is 2.70 bits per heavy atom. The third kappa shape index (κ3) is 2.85. The lowest BCUT2D eigenvalue weighted by Gasteiger charge is -2.38. The number of rotatable bonds is 2. The Morgan fingerprint density at radius 2 is 2.04 bits per heavy atom. The van der Waals surface area contributed by atoms with Gasteiger partial charge in [0.1, 0.15) is 10.7 Å². The van der Waals surface area contributed by atoms with E-state index in [1.165, 1.54) is 11.3 Å². The first-order valence-corrected chi connectivity index (χ1v) is 9.00. The number of piperazine rings is 1. The van der Waals surface area contributed by atoms with Crippen molar-refractivity contribution in [2.45, 2.75) is 40.2 Å². The molecule has 1 saturated heterocycles. The Balaban J connectivity index is 2.01. The van der Waals surface area contributed by atoms with E-state index in [2.05, 4.69) is 35.8 Å². The molecule has 1 aliphatic rings. The molecule has 1 aliphatic heterocycles. The van der Waals surface area contributed by atoms with E-state index in [9.17, 15) is 4.79 Å². The molecule has 0 bridgehead atoms. The van der Waals surface area contributed by atoms with Crippen molar-refractivity contribution in [1.29, 1.82) is 0 Å². The minimum atomic E-state index is 0.142. The van der Waals surface area contributed by atoms with Gasteiger partial charge in [0.05, 0.1) is 4.88 Å². The molecule has 5 nitrogen and oxygen atoms in total. The molecule has 1 amide bonds. The van der Waals surface area contributed by atoms with E-state index < -0.39 is 0 Å². The highest BCUT2D eigenvalue weighted by Gasteiger charge is 2.29. The van der Waals surface area contributed by atoms with E-state index in [-0.39, 0.29) is 11.9 Å². The topological polar surface area (TPSA) is 49.3 Å². The summed E-state index contributed by atoms with van der Waals surface area (Å²) in [7, 11) is 2.11. The molecule has 0 aromatic carbocycles. The molecule has 2 aromatic heterocycles. The average Bonchev–Trinajstić information content (AvgIpc) is 2.84. The molecule has 0 N–H and O–H groups in total. The van der Waals surface area contributed by atoms with Crippen LogP contribution < -0.4 is 0 Å². The van der Waals surface area contributed by atoms with E-state index >= 15 is 0 Å². The van der Waals surface area contributed by atoms with E-state index in [4.69, 9.17) is 0 Å². The lowest BCUT2D eigenvalue weighted by Crippen LogP contribution is -2.52. The number of aromatic nitrogens is 2. The standard InChI is InChI=1S/C17H24N4OS/c1-6-13-18-12(4)14-11(3)15(23-16(14)19-13)17(22)21-8-7-20(5)9-10(21)2/h10H,6-9H2,1-5H3. The maximum atomic E-state index is 13.0. The molecular weight excluding hydrogens is 308 g/mol. The third-order valence-electron chi connectivity index (χ3n) is 4.62. The Labute approximate surface area is 141 Å². The SMILES string of the molecule is CCc1nc(C)c2c(C)c(C(=O)N3CCN(C)CC3C)sc2n1. The minimum Gasteiger partial charge on any atom is -0.333 e. The number of carbonyl (C=O) groups excluding carboxylic acids is 1. The molecule has 0 spiro atoms. The highest BCUT2D eigenvalue weighted by molar-refractivity contribution is 7.20. The summed E-state index contributed by atoms with van der Waals surface area (Å²) in [5.74, 6) is 0.992. The van der Waals surface area contributed by atoms with Crippen LogP contribution in [0.1, 0.15) is 40.6 Å². The summed E-state index contributed by atoms with van der Waals surface area (Å²) >= 11 is 1.52. The lowest BCUT2D eigenvalue weighted by molar-refractivity contribution is 0.0538. The molecule has 1 fully saturated rings. The summed E-state index contributed by atoms with van der Waals surface area (Å²) < 4.78 is 0. The van der Waals surface area contributed by atoms with Crippen molar-refractivity contribution in [2.75, 3.05) is 26.7 Å². The highest BCUT2D eigenvalue weighted by atomic mass is 32.1. The summed E-state index contributed by atoms with van der Waals surface area (Å²) in [4.78, 5) is 28.3. The molecule has 3 heterocycles. The van der Waals surface area contributed by atoms with Crippen molar-refractivity contribution in [1.82, 2.24) is 19.8 Å². The van der Waals surface area contributed by atoms with Crippen molar-refractivity contribution < 1.29 is 4.79 Å². The van der Waals surface area contributed by atoms with E-state index in [1.54, 1.807) is 0 Å². The quantitative estimate of drug-likeness (QED) is 0.848. The number of fused-ring (bicyclic) bond motifs is 1. The molecule has 2 aromatic rings. The summed E-state index contributed by atoms with van der Waals surface area (Å²) in [6.07, 6.45) is 0.812. The number of hydrogen-bond acceptors (Lipinski definition) is 5. The zero-order valence-corrected chi connectivity index (χ0v) is 15.3. The van der Waals surface area contributed by atoms with Crippen LogP contribution in [0.3, 0.4) is 0 Å². The number of aryl methyl sites for hydroxylation is 3. The first kappa shape index (κ1) is 16.3. The predicted molar refractivity (Wildman–Crippen MR) is 94.3 cm³/mol. The number of hydrogen-bond donors (Lipinski definition) is 0. The average molecular weight is 332 g/mol. The maximum Gasteiger partial charge on any atom is 0.264 e. The number of nitrogens with zero attached hydrogens (tertiary/aromatic N) is 4. The van der Waals surface area contributed by atoms with Crippen LogP contribution in [0, 0.1) is 13.8 Å². The van der Waals surface area contributed by atoms with Gasteiger partial charge in [0.25, 0.3) is 5.91 Å². The predicted octanol–water partition coefficient (Wildman–Crippen LogP) is 2.65. The van der Waals surface area contributed by atoms with Crippen molar-refractivity contribution in [3.63, 3.8) is 0 Å². The Morgan fingerprint density at radius 1 is 1.30 bits per heavy atom. The Hall–Kier alpha value is -1.53. The van der Waals surface area contributed by atoms with Gasteiger partial charge in [-0.3, -0.25) is 4.79 Å². The van der Waals surface area contributed by atoms with Crippen LogP contribution >= 0.6 is 11.3 Å². The maximum absolute atomic E-state index is 13.0. The molecule has 1 unspecified atom stereocenters.